The van der Waals surface area contributed by atoms with Gasteiger partial charge in [0.05, 0.1) is 11.3 Å². The highest BCUT2D eigenvalue weighted by Crippen LogP contribution is 2.29. The lowest BCUT2D eigenvalue weighted by molar-refractivity contribution is -0.138. The zero-order valence-electron chi connectivity index (χ0n) is 11.8. The van der Waals surface area contributed by atoms with Gasteiger partial charge in [0, 0.05) is 13.0 Å². The highest BCUT2D eigenvalue weighted by atomic mass is 19.4. The number of benzene rings is 1. The number of alkyl halides is 3. The van der Waals surface area contributed by atoms with Crippen LogP contribution in [0.25, 0.3) is 0 Å². The SMILES string of the molecule is NCCO/N=C(/CCCC(=O)O)c1ccc(C(F)(F)F)cc1. The second-order valence-electron chi connectivity index (χ2n) is 4.48. The van der Waals surface area contributed by atoms with Gasteiger partial charge >= 0.3 is 12.1 Å². The number of halogens is 3. The Morgan fingerprint density at radius 2 is 1.86 bits per heavy atom. The average Bonchev–Trinajstić information content (AvgIpc) is 2.45. The van der Waals surface area contributed by atoms with Crippen LogP contribution in [0.1, 0.15) is 30.4 Å². The maximum absolute atomic E-state index is 12.5. The van der Waals surface area contributed by atoms with E-state index < -0.39 is 17.7 Å². The van der Waals surface area contributed by atoms with Crippen molar-refractivity contribution in [1.82, 2.24) is 0 Å². The van der Waals surface area contributed by atoms with Crippen LogP contribution in [0.3, 0.4) is 0 Å². The van der Waals surface area contributed by atoms with Gasteiger partial charge in [-0.25, -0.2) is 0 Å². The summed E-state index contributed by atoms with van der Waals surface area (Å²) < 4.78 is 37.6. The normalized spacial score (nSPS) is 12.3. The fourth-order valence-corrected chi connectivity index (χ4v) is 1.68. The second kappa shape index (κ2) is 8.38. The summed E-state index contributed by atoms with van der Waals surface area (Å²) in [6.45, 7) is 0.419. The standard InChI is InChI=1S/C14H17F3N2O3/c15-14(16,17)11-6-4-10(5-7-11)12(19-22-9-8-18)2-1-3-13(20)21/h4-7H,1-3,8-9,18H2,(H,20,21)/b19-12-. The molecular weight excluding hydrogens is 301 g/mol. The van der Waals surface area contributed by atoms with Gasteiger partial charge in [0.1, 0.15) is 6.61 Å². The molecule has 3 N–H and O–H groups in total. The van der Waals surface area contributed by atoms with Crippen LogP contribution in [0.4, 0.5) is 13.2 Å². The van der Waals surface area contributed by atoms with Gasteiger partial charge in [0.15, 0.2) is 0 Å². The number of hydrogen-bond donors (Lipinski definition) is 2. The Labute approximate surface area is 125 Å². The van der Waals surface area contributed by atoms with E-state index in [-0.39, 0.29) is 26.0 Å². The zero-order valence-corrected chi connectivity index (χ0v) is 11.8. The lowest BCUT2D eigenvalue weighted by Gasteiger charge is -2.09. The van der Waals surface area contributed by atoms with Gasteiger partial charge in [-0.1, -0.05) is 17.3 Å². The van der Waals surface area contributed by atoms with Crippen molar-refractivity contribution < 1.29 is 27.9 Å². The van der Waals surface area contributed by atoms with Gasteiger partial charge in [0.2, 0.25) is 0 Å². The average molecular weight is 318 g/mol. The summed E-state index contributed by atoms with van der Waals surface area (Å²) in [5.74, 6) is -0.949. The first kappa shape index (κ1) is 18.0. The van der Waals surface area contributed by atoms with Crippen molar-refractivity contribution in [2.24, 2.45) is 10.9 Å². The number of carbonyl (C=O) groups is 1. The lowest BCUT2D eigenvalue weighted by Crippen LogP contribution is -2.10. The van der Waals surface area contributed by atoms with Crippen molar-refractivity contribution in [3.63, 3.8) is 0 Å². The molecule has 0 amide bonds. The van der Waals surface area contributed by atoms with Gasteiger partial charge < -0.3 is 15.7 Å². The summed E-state index contributed by atoms with van der Waals surface area (Å²) in [4.78, 5) is 15.5. The Morgan fingerprint density at radius 1 is 1.23 bits per heavy atom. The molecule has 0 fully saturated rings. The number of nitrogens with two attached hydrogens (primary N) is 1. The summed E-state index contributed by atoms with van der Waals surface area (Å²) in [5.41, 5.74) is 5.35. The van der Waals surface area contributed by atoms with E-state index in [1.54, 1.807) is 0 Å². The molecule has 0 atom stereocenters. The molecule has 0 aliphatic rings. The molecule has 0 saturated heterocycles. The molecule has 0 aliphatic carbocycles. The fourth-order valence-electron chi connectivity index (χ4n) is 1.68. The first-order chi connectivity index (χ1) is 10.3. The van der Waals surface area contributed by atoms with E-state index in [4.69, 9.17) is 15.7 Å². The Bertz CT molecular complexity index is 513. The van der Waals surface area contributed by atoms with E-state index in [0.29, 0.717) is 17.7 Å². The van der Waals surface area contributed by atoms with E-state index in [9.17, 15) is 18.0 Å². The molecule has 0 radical (unpaired) electrons. The highest BCUT2D eigenvalue weighted by molar-refractivity contribution is 6.00. The van der Waals surface area contributed by atoms with Crippen molar-refractivity contribution in [3.8, 4) is 0 Å². The smallest absolute Gasteiger partial charge is 0.416 e. The number of hydrogen-bond acceptors (Lipinski definition) is 4. The number of oxime groups is 1. The van der Waals surface area contributed by atoms with Crippen molar-refractivity contribution >= 4 is 11.7 Å². The van der Waals surface area contributed by atoms with Crippen LogP contribution in [0.15, 0.2) is 29.4 Å². The summed E-state index contributed by atoms with van der Waals surface area (Å²) in [6, 6.07) is 4.47. The molecule has 0 bridgehead atoms. The lowest BCUT2D eigenvalue weighted by atomic mass is 10.0. The molecule has 122 valence electrons. The number of rotatable bonds is 8. The molecule has 1 rings (SSSR count). The van der Waals surface area contributed by atoms with E-state index in [1.807, 2.05) is 0 Å². The molecule has 5 nitrogen and oxygen atoms in total. The van der Waals surface area contributed by atoms with Gasteiger partial charge in [-0.15, -0.1) is 0 Å². The Balaban J connectivity index is 2.85. The first-order valence-electron chi connectivity index (χ1n) is 6.63. The molecular formula is C14H17F3N2O3. The fraction of sp³-hybridized carbons (Fsp3) is 0.429. The number of aliphatic carboxylic acids is 1. The summed E-state index contributed by atoms with van der Waals surface area (Å²) in [5, 5.41) is 12.5. The van der Waals surface area contributed by atoms with Crippen LogP contribution in [-0.2, 0) is 15.8 Å². The van der Waals surface area contributed by atoms with Crippen molar-refractivity contribution in [2.75, 3.05) is 13.2 Å². The molecule has 1 aromatic carbocycles. The molecule has 0 heterocycles. The van der Waals surface area contributed by atoms with Crippen molar-refractivity contribution in [1.29, 1.82) is 0 Å². The minimum Gasteiger partial charge on any atom is -0.481 e. The summed E-state index contributed by atoms with van der Waals surface area (Å²) in [6.07, 6.45) is -3.88. The van der Waals surface area contributed by atoms with E-state index in [2.05, 4.69) is 5.16 Å². The molecule has 22 heavy (non-hydrogen) atoms. The maximum atomic E-state index is 12.5. The van der Waals surface area contributed by atoms with Crippen LogP contribution in [0, 0.1) is 0 Å². The van der Waals surface area contributed by atoms with Crippen molar-refractivity contribution in [3.05, 3.63) is 35.4 Å². The molecule has 0 aromatic heterocycles. The zero-order chi connectivity index (χ0) is 16.6. The third-order valence-corrected chi connectivity index (χ3v) is 2.73. The minimum atomic E-state index is -4.41. The summed E-state index contributed by atoms with van der Waals surface area (Å²) in [7, 11) is 0. The van der Waals surface area contributed by atoms with Gasteiger partial charge in [-0.2, -0.15) is 13.2 Å². The maximum Gasteiger partial charge on any atom is 0.416 e. The quantitative estimate of drug-likeness (QED) is 0.438. The van der Waals surface area contributed by atoms with Crippen LogP contribution in [-0.4, -0.2) is 29.9 Å². The van der Waals surface area contributed by atoms with Crippen LogP contribution in [0.5, 0.6) is 0 Å². The summed E-state index contributed by atoms with van der Waals surface area (Å²) >= 11 is 0. The number of carboxylic acid groups (broad SMARTS) is 1. The van der Waals surface area contributed by atoms with Crippen molar-refractivity contribution in [2.45, 2.75) is 25.4 Å². The third kappa shape index (κ3) is 6.13. The van der Waals surface area contributed by atoms with E-state index in [1.165, 1.54) is 12.1 Å². The molecule has 0 saturated carbocycles. The highest BCUT2D eigenvalue weighted by Gasteiger charge is 2.30. The third-order valence-electron chi connectivity index (χ3n) is 2.73. The Kier molecular flexibility index (Phi) is 6.84. The van der Waals surface area contributed by atoms with E-state index >= 15 is 0 Å². The van der Waals surface area contributed by atoms with E-state index in [0.717, 1.165) is 12.1 Å². The first-order valence-corrected chi connectivity index (χ1v) is 6.63. The monoisotopic (exact) mass is 318 g/mol. The Hall–Kier alpha value is -2.09. The predicted octanol–water partition coefficient (Wildman–Crippen LogP) is 2.64. The molecule has 0 aliphatic heterocycles. The number of nitrogens with zero attached hydrogens (tertiary/aromatic N) is 1. The van der Waals surface area contributed by atoms with Gasteiger partial charge in [0.25, 0.3) is 0 Å². The molecule has 8 heteroatoms. The molecule has 0 unspecified atom stereocenters. The largest absolute Gasteiger partial charge is 0.481 e. The van der Waals surface area contributed by atoms with Crippen LogP contribution in [0.2, 0.25) is 0 Å². The second-order valence-corrected chi connectivity index (χ2v) is 4.48. The minimum absolute atomic E-state index is 0.0590. The topological polar surface area (TPSA) is 84.9 Å². The van der Waals surface area contributed by atoms with Crippen LogP contribution < -0.4 is 5.73 Å². The number of carboxylic acids is 1. The Morgan fingerprint density at radius 3 is 2.36 bits per heavy atom. The van der Waals surface area contributed by atoms with Gasteiger partial charge in [-0.05, 0) is 30.5 Å². The molecule has 1 aromatic rings. The van der Waals surface area contributed by atoms with Gasteiger partial charge in [-0.3, -0.25) is 4.79 Å². The predicted molar refractivity (Wildman–Crippen MR) is 74.5 cm³/mol. The van der Waals surface area contributed by atoms with Crippen LogP contribution >= 0.6 is 0 Å². The molecule has 0 spiro atoms.